The summed E-state index contributed by atoms with van der Waals surface area (Å²) in [6.07, 6.45) is -0.266. The average molecular weight is 380 g/mol. The van der Waals surface area contributed by atoms with Crippen LogP contribution in [0.3, 0.4) is 0 Å². The molecule has 27 heavy (non-hydrogen) atoms. The summed E-state index contributed by atoms with van der Waals surface area (Å²) in [5.41, 5.74) is 1.19. The zero-order valence-corrected chi connectivity index (χ0v) is 15.3. The summed E-state index contributed by atoms with van der Waals surface area (Å²) in [6, 6.07) is 15.5. The lowest BCUT2D eigenvalue weighted by atomic mass is 10.2. The lowest BCUT2D eigenvalue weighted by Crippen LogP contribution is -2.21. The maximum atomic E-state index is 6.03. The fourth-order valence-corrected chi connectivity index (χ4v) is 3.69. The molecule has 5 rings (SSSR count). The molecular formula is C19H16N4O3S. The number of fused-ring (bicyclic) bond motifs is 2. The Kier molecular flexibility index (Phi) is 3.90. The van der Waals surface area contributed by atoms with Crippen LogP contribution < -0.4 is 14.2 Å². The molecule has 136 valence electrons. The van der Waals surface area contributed by atoms with Crippen LogP contribution in [0.2, 0.25) is 0 Å². The minimum absolute atomic E-state index is 0.266. The molecule has 0 saturated heterocycles. The molecule has 8 heteroatoms. The molecule has 0 spiro atoms. The van der Waals surface area contributed by atoms with E-state index < -0.39 is 0 Å². The second-order valence-electron chi connectivity index (χ2n) is 6.22. The van der Waals surface area contributed by atoms with Crippen LogP contribution in [0.25, 0.3) is 4.96 Å². The third-order valence-electron chi connectivity index (χ3n) is 4.24. The van der Waals surface area contributed by atoms with Gasteiger partial charge in [0.05, 0.1) is 0 Å². The molecule has 0 fully saturated rings. The van der Waals surface area contributed by atoms with Gasteiger partial charge in [-0.2, -0.15) is 9.61 Å². The molecule has 2 aromatic heterocycles. The number of para-hydroxylation sites is 2. The molecule has 2 aromatic carbocycles. The van der Waals surface area contributed by atoms with E-state index in [9.17, 15) is 0 Å². The van der Waals surface area contributed by atoms with Gasteiger partial charge in [0.25, 0.3) is 0 Å². The molecule has 0 aliphatic carbocycles. The van der Waals surface area contributed by atoms with E-state index in [1.807, 2.05) is 55.5 Å². The number of rotatable bonds is 4. The summed E-state index contributed by atoms with van der Waals surface area (Å²) in [5, 5.41) is 13.8. The highest BCUT2D eigenvalue weighted by molar-refractivity contribution is 7.16. The first-order chi connectivity index (χ1) is 13.3. The average Bonchev–Trinajstić information content (AvgIpc) is 3.28. The number of benzene rings is 2. The monoisotopic (exact) mass is 380 g/mol. The van der Waals surface area contributed by atoms with Crippen molar-refractivity contribution >= 4 is 16.3 Å². The van der Waals surface area contributed by atoms with Crippen LogP contribution in [0.1, 0.15) is 22.5 Å². The van der Waals surface area contributed by atoms with E-state index in [0.29, 0.717) is 17.4 Å². The standard InChI is InChI=1S/C19H16N4O3S/c1-12-6-8-13(9-7-12)24-11-17-20-21-19-23(17)22-18(27-19)16-10-25-14-4-2-3-5-15(14)26-16/h2-9,16H,10-11H2,1H3/t16-/m0/s1. The summed E-state index contributed by atoms with van der Waals surface area (Å²) in [4.78, 5) is 0.704. The van der Waals surface area contributed by atoms with Crippen LogP contribution in [-0.4, -0.2) is 26.4 Å². The van der Waals surface area contributed by atoms with Gasteiger partial charge in [0.2, 0.25) is 4.96 Å². The predicted octanol–water partition coefficient (Wildman–Crippen LogP) is 3.59. The maximum absolute atomic E-state index is 6.03. The molecule has 0 saturated carbocycles. The Morgan fingerprint density at radius 2 is 1.93 bits per heavy atom. The van der Waals surface area contributed by atoms with Crippen molar-refractivity contribution in [1.82, 2.24) is 19.8 Å². The number of hydrogen-bond donors (Lipinski definition) is 0. The SMILES string of the molecule is Cc1ccc(OCc2nnc3sc([C@@H]4COc5ccccc5O4)nn23)cc1. The molecule has 3 heterocycles. The first-order valence-electron chi connectivity index (χ1n) is 8.55. The minimum atomic E-state index is -0.266. The van der Waals surface area contributed by atoms with E-state index in [0.717, 1.165) is 22.3 Å². The molecule has 1 atom stereocenters. The van der Waals surface area contributed by atoms with Crippen molar-refractivity contribution in [3.8, 4) is 17.2 Å². The molecule has 0 N–H and O–H groups in total. The van der Waals surface area contributed by atoms with Gasteiger partial charge >= 0.3 is 0 Å². The molecule has 4 aromatic rings. The van der Waals surface area contributed by atoms with Crippen molar-refractivity contribution in [1.29, 1.82) is 0 Å². The highest BCUT2D eigenvalue weighted by Gasteiger charge is 2.26. The number of aromatic nitrogens is 4. The Hall–Kier alpha value is -3.13. The van der Waals surface area contributed by atoms with Crippen molar-refractivity contribution < 1.29 is 14.2 Å². The third-order valence-corrected chi connectivity index (χ3v) is 5.23. The van der Waals surface area contributed by atoms with Gasteiger partial charge in [-0.25, -0.2) is 0 Å². The van der Waals surface area contributed by atoms with Crippen molar-refractivity contribution in [2.24, 2.45) is 0 Å². The first kappa shape index (κ1) is 16.1. The van der Waals surface area contributed by atoms with E-state index in [-0.39, 0.29) is 12.7 Å². The smallest absolute Gasteiger partial charge is 0.234 e. The fraction of sp³-hybridized carbons (Fsp3) is 0.211. The number of aryl methyl sites for hydroxylation is 1. The van der Waals surface area contributed by atoms with Crippen molar-refractivity contribution in [3.63, 3.8) is 0 Å². The summed E-state index contributed by atoms with van der Waals surface area (Å²) in [7, 11) is 0. The van der Waals surface area contributed by atoms with Crippen LogP contribution in [0.15, 0.2) is 48.5 Å². The van der Waals surface area contributed by atoms with Crippen LogP contribution in [0, 0.1) is 6.92 Å². The molecule has 7 nitrogen and oxygen atoms in total. The zero-order chi connectivity index (χ0) is 18.2. The summed E-state index contributed by atoms with van der Waals surface area (Å²) in [5.74, 6) is 2.91. The summed E-state index contributed by atoms with van der Waals surface area (Å²) in [6.45, 7) is 2.74. The van der Waals surface area contributed by atoms with Crippen LogP contribution >= 0.6 is 11.3 Å². The van der Waals surface area contributed by atoms with Crippen LogP contribution in [-0.2, 0) is 6.61 Å². The first-order valence-corrected chi connectivity index (χ1v) is 9.37. The van der Waals surface area contributed by atoms with Gasteiger partial charge in [-0.1, -0.05) is 41.2 Å². The number of ether oxygens (including phenoxy) is 3. The van der Waals surface area contributed by atoms with Crippen molar-refractivity contribution in [3.05, 3.63) is 64.9 Å². The lowest BCUT2D eigenvalue weighted by Gasteiger charge is -2.24. The molecule has 0 radical (unpaired) electrons. The zero-order valence-electron chi connectivity index (χ0n) is 14.5. The maximum Gasteiger partial charge on any atom is 0.234 e. The quantitative estimate of drug-likeness (QED) is 0.539. The van der Waals surface area contributed by atoms with Gasteiger partial charge in [0, 0.05) is 0 Å². The van der Waals surface area contributed by atoms with Gasteiger partial charge in [-0.15, -0.1) is 10.2 Å². The van der Waals surface area contributed by atoms with Gasteiger partial charge in [-0.3, -0.25) is 0 Å². The summed E-state index contributed by atoms with van der Waals surface area (Å²) < 4.78 is 19.3. The van der Waals surface area contributed by atoms with Crippen molar-refractivity contribution in [2.75, 3.05) is 6.61 Å². The number of nitrogens with zero attached hydrogens (tertiary/aromatic N) is 4. The van der Waals surface area contributed by atoms with Gasteiger partial charge in [-0.05, 0) is 31.2 Å². The van der Waals surface area contributed by atoms with E-state index in [1.165, 1.54) is 16.9 Å². The predicted molar refractivity (Wildman–Crippen MR) is 99.5 cm³/mol. The molecule has 0 unspecified atom stereocenters. The van der Waals surface area contributed by atoms with Crippen LogP contribution in [0.4, 0.5) is 0 Å². The largest absolute Gasteiger partial charge is 0.486 e. The van der Waals surface area contributed by atoms with E-state index in [2.05, 4.69) is 15.3 Å². The molecule has 1 aliphatic rings. The Balaban J connectivity index is 1.35. The highest BCUT2D eigenvalue weighted by atomic mass is 32.1. The number of hydrogen-bond acceptors (Lipinski definition) is 7. The topological polar surface area (TPSA) is 70.8 Å². The van der Waals surface area contributed by atoms with E-state index >= 15 is 0 Å². The Labute approximate surface area is 159 Å². The molecule has 0 amide bonds. The van der Waals surface area contributed by atoms with Gasteiger partial charge in [0.1, 0.15) is 19.0 Å². The highest BCUT2D eigenvalue weighted by Crippen LogP contribution is 2.36. The van der Waals surface area contributed by atoms with E-state index in [1.54, 1.807) is 4.52 Å². The van der Waals surface area contributed by atoms with Gasteiger partial charge < -0.3 is 14.2 Å². The molecule has 1 aliphatic heterocycles. The Morgan fingerprint density at radius 3 is 2.78 bits per heavy atom. The second-order valence-corrected chi connectivity index (χ2v) is 7.20. The minimum Gasteiger partial charge on any atom is -0.486 e. The lowest BCUT2D eigenvalue weighted by molar-refractivity contribution is 0.0903. The second kappa shape index (κ2) is 6.55. The molecule has 0 bridgehead atoms. The fourth-order valence-electron chi connectivity index (χ4n) is 2.82. The molecular weight excluding hydrogens is 364 g/mol. The summed E-state index contributed by atoms with van der Waals surface area (Å²) >= 11 is 1.44. The third kappa shape index (κ3) is 3.08. The van der Waals surface area contributed by atoms with Crippen molar-refractivity contribution in [2.45, 2.75) is 19.6 Å². The van der Waals surface area contributed by atoms with Gasteiger partial charge in [0.15, 0.2) is 28.4 Å². The van der Waals surface area contributed by atoms with Crippen LogP contribution in [0.5, 0.6) is 17.2 Å². The Morgan fingerprint density at radius 1 is 1.11 bits per heavy atom. The Bertz CT molecular complexity index is 1090. The normalized spacial score (nSPS) is 15.8. The van der Waals surface area contributed by atoms with E-state index in [4.69, 9.17) is 14.2 Å².